The van der Waals surface area contributed by atoms with Crippen LogP contribution in [-0.4, -0.2) is 23.6 Å². The first-order chi connectivity index (χ1) is 17.3. The third-order valence-electron chi connectivity index (χ3n) is 4.87. The van der Waals surface area contributed by atoms with E-state index >= 15 is 0 Å². The molecule has 4 rings (SSSR count). The third-order valence-corrected chi connectivity index (χ3v) is 7.15. The van der Waals surface area contributed by atoms with Crippen molar-refractivity contribution in [3.05, 3.63) is 96.2 Å². The molecule has 0 spiro atoms. The summed E-state index contributed by atoms with van der Waals surface area (Å²) < 4.78 is 13.5. The lowest BCUT2D eigenvalue weighted by molar-refractivity contribution is -0.115. The highest BCUT2D eigenvalue weighted by Crippen LogP contribution is 2.39. The summed E-state index contributed by atoms with van der Waals surface area (Å²) in [6.45, 7) is 2.70. The van der Waals surface area contributed by atoms with Crippen LogP contribution in [0.15, 0.2) is 79.5 Å². The van der Waals surface area contributed by atoms with Crippen LogP contribution in [0.25, 0.3) is 6.08 Å². The highest BCUT2D eigenvalue weighted by atomic mass is 79.9. The van der Waals surface area contributed by atoms with Crippen LogP contribution in [0.4, 0.5) is 0 Å². The van der Waals surface area contributed by atoms with Gasteiger partial charge in [0.05, 0.1) is 16.0 Å². The highest BCUT2D eigenvalue weighted by Gasteiger charge is 2.25. The first-order valence-electron chi connectivity index (χ1n) is 10.8. The number of nitrogens with zero attached hydrogens (tertiary/aromatic N) is 1. The van der Waals surface area contributed by atoms with Crippen LogP contribution in [0, 0.1) is 0 Å². The molecule has 3 aromatic rings. The normalized spacial score (nSPS) is 15.3. The van der Waals surface area contributed by atoms with Crippen LogP contribution >= 0.6 is 55.2 Å². The maximum Gasteiger partial charge on any atom is 0.279 e. The van der Waals surface area contributed by atoms with E-state index in [0.717, 1.165) is 27.4 Å². The summed E-state index contributed by atoms with van der Waals surface area (Å²) in [7, 11) is 0. The van der Waals surface area contributed by atoms with Crippen molar-refractivity contribution in [3.63, 3.8) is 0 Å². The van der Waals surface area contributed by atoms with Gasteiger partial charge in [-0.1, -0.05) is 39.7 Å². The molecular formula is C26H19Br2ClN2O4S. The third kappa shape index (κ3) is 6.79. The summed E-state index contributed by atoms with van der Waals surface area (Å²) in [5, 5.41) is 3.37. The van der Waals surface area contributed by atoms with Gasteiger partial charge in [-0.2, -0.15) is 4.99 Å². The van der Waals surface area contributed by atoms with E-state index in [9.17, 15) is 9.59 Å². The molecule has 0 saturated carbocycles. The number of benzene rings is 3. The Labute approximate surface area is 234 Å². The zero-order valence-electron chi connectivity index (χ0n) is 18.9. The number of ether oxygens (including phenoxy) is 2. The zero-order chi connectivity index (χ0) is 25.7. The maximum absolute atomic E-state index is 12.5. The summed E-state index contributed by atoms with van der Waals surface area (Å²) in [4.78, 5) is 29.3. The van der Waals surface area contributed by atoms with Gasteiger partial charge in [-0.05, 0) is 100 Å². The SMILES string of the molecule is CCOc1cc(/C=C2\SC(=NC(=O)c3ccc(Cl)cc3)NC2=O)cc(Br)c1OCc1ccc(Br)cc1. The molecule has 1 fully saturated rings. The first-order valence-corrected chi connectivity index (χ1v) is 13.5. The highest BCUT2D eigenvalue weighted by molar-refractivity contribution is 9.10. The smallest absolute Gasteiger partial charge is 0.279 e. The standard InChI is InChI=1S/C26H19Br2ClN2O4S/c1-2-34-21-12-16(11-20(28)23(21)35-14-15-3-7-18(27)8-4-15)13-22-25(33)31-26(36-22)30-24(32)17-5-9-19(29)10-6-17/h3-13H,2,14H2,1H3,(H,30,31,32,33)/b22-13-. The monoisotopic (exact) mass is 648 g/mol. The number of hydrogen-bond donors (Lipinski definition) is 1. The van der Waals surface area contributed by atoms with E-state index < -0.39 is 5.91 Å². The Morgan fingerprint density at radius 1 is 1.08 bits per heavy atom. The quantitative estimate of drug-likeness (QED) is 0.273. The van der Waals surface area contributed by atoms with Crippen molar-refractivity contribution in [2.24, 2.45) is 4.99 Å². The lowest BCUT2D eigenvalue weighted by atomic mass is 10.1. The van der Waals surface area contributed by atoms with Gasteiger partial charge < -0.3 is 14.8 Å². The molecule has 1 heterocycles. The van der Waals surface area contributed by atoms with E-state index in [1.165, 1.54) is 0 Å². The summed E-state index contributed by atoms with van der Waals surface area (Å²) >= 11 is 14.0. The molecule has 1 N–H and O–H groups in total. The Bertz CT molecular complexity index is 1360. The molecule has 0 unspecified atom stereocenters. The molecule has 0 aliphatic carbocycles. The largest absolute Gasteiger partial charge is 0.490 e. The van der Waals surface area contributed by atoms with Crippen LogP contribution in [0.3, 0.4) is 0 Å². The van der Waals surface area contributed by atoms with Crippen molar-refractivity contribution in [1.82, 2.24) is 5.32 Å². The van der Waals surface area contributed by atoms with E-state index in [2.05, 4.69) is 42.2 Å². The van der Waals surface area contributed by atoms with Gasteiger partial charge in [0.25, 0.3) is 11.8 Å². The van der Waals surface area contributed by atoms with Gasteiger partial charge in [0.2, 0.25) is 0 Å². The van der Waals surface area contributed by atoms with E-state index in [-0.39, 0.29) is 11.1 Å². The van der Waals surface area contributed by atoms with E-state index in [0.29, 0.717) is 44.7 Å². The second-order valence-corrected chi connectivity index (χ2v) is 10.7. The van der Waals surface area contributed by atoms with Gasteiger partial charge >= 0.3 is 0 Å². The van der Waals surface area contributed by atoms with Crippen LogP contribution in [0.1, 0.15) is 28.4 Å². The number of carbonyl (C=O) groups is 2. The van der Waals surface area contributed by atoms with Gasteiger partial charge in [-0.15, -0.1) is 0 Å². The van der Waals surface area contributed by atoms with Crippen molar-refractivity contribution in [3.8, 4) is 11.5 Å². The van der Waals surface area contributed by atoms with Crippen LogP contribution in [0.2, 0.25) is 5.02 Å². The van der Waals surface area contributed by atoms with E-state index in [1.54, 1.807) is 36.4 Å². The maximum atomic E-state index is 12.5. The number of amides is 2. The van der Waals surface area contributed by atoms with Gasteiger partial charge in [0.15, 0.2) is 16.7 Å². The minimum absolute atomic E-state index is 0.213. The molecule has 36 heavy (non-hydrogen) atoms. The molecule has 3 aromatic carbocycles. The number of halogens is 3. The zero-order valence-corrected chi connectivity index (χ0v) is 23.6. The number of nitrogens with one attached hydrogen (secondary N) is 1. The summed E-state index contributed by atoms with van der Waals surface area (Å²) in [5.41, 5.74) is 2.12. The number of hydrogen-bond acceptors (Lipinski definition) is 5. The fourth-order valence-corrected chi connectivity index (χ4v) is 4.98. The molecule has 1 aliphatic rings. The van der Waals surface area contributed by atoms with Gasteiger partial charge in [0.1, 0.15) is 6.61 Å². The Balaban J connectivity index is 1.53. The molecule has 2 amide bonds. The second kappa shape index (κ2) is 12.1. The average Bonchev–Trinajstić information content (AvgIpc) is 3.18. The second-order valence-electron chi connectivity index (χ2n) is 7.47. The predicted molar refractivity (Wildman–Crippen MR) is 151 cm³/mol. The molecule has 1 aliphatic heterocycles. The topological polar surface area (TPSA) is 77.0 Å². The lowest BCUT2D eigenvalue weighted by Crippen LogP contribution is -2.20. The minimum atomic E-state index is -0.468. The molecule has 0 atom stereocenters. The molecule has 0 bridgehead atoms. The Kier molecular flexibility index (Phi) is 8.90. The number of rotatable bonds is 7. The number of amidine groups is 1. The molecule has 0 aromatic heterocycles. The van der Waals surface area contributed by atoms with Crippen LogP contribution < -0.4 is 14.8 Å². The van der Waals surface area contributed by atoms with Crippen molar-refractivity contribution in [1.29, 1.82) is 0 Å². The van der Waals surface area contributed by atoms with Gasteiger partial charge in [-0.25, -0.2) is 0 Å². The Morgan fingerprint density at radius 3 is 2.50 bits per heavy atom. The average molecular weight is 651 g/mol. The molecule has 10 heteroatoms. The molecule has 1 saturated heterocycles. The van der Waals surface area contributed by atoms with Crippen molar-refractivity contribution in [2.45, 2.75) is 13.5 Å². The van der Waals surface area contributed by atoms with Crippen LogP contribution in [0.5, 0.6) is 11.5 Å². The molecule has 184 valence electrons. The lowest BCUT2D eigenvalue weighted by Gasteiger charge is -2.15. The van der Waals surface area contributed by atoms with Crippen molar-refractivity contribution >= 4 is 78.3 Å². The van der Waals surface area contributed by atoms with Crippen molar-refractivity contribution in [2.75, 3.05) is 6.61 Å². The Hall–Kier alpha value is -2.59. The summed E-state index contributed by atoms with van der Waals surface area (Å²) in [6, 6.07) is 17.9. The molecular weight excluding hydrogens is 632 g/mol. The van der Waals surface area contributed by atoms with E-state index in [4.69, 9.17) is 21.1 Å². The molecule has 6 nitrogen and oxygen atoms in total. The fourth-order valence-electron chi connectivity index (χ4n) is 3.19. The predicted octanol–water partition coefficient (Wildman–Crippen LogP) is 7.24. The van der Waals surface area contributed by atoms with Crippen LogP contribution in [-0.2, 0) is 11.4 Å². The van der Waals surface area contributed by atoms with Gasteiger partial charge in [-0.3, -0.25) is 9.59 Å². The number of aliphatic imine (C=N–C) groups is 1. The van der Waals surface area contributed by atoms with Gasteiger partial charge in [0, 0.05) is 15.1 Å². The first kappa shape index (κ1) is 26.5. The summed E-state index contributed by atoms with van der Waals surface area (Å²) in [5.74, 6) is 0.309. The van der Waals surface area contributed by atoms with E-state index in [1.807, 2.05) is 37.3 Å². The fraction of sp³-hybridized carbons (Fsp3) is 0.115. The minimum Gasteiger partial charge on any atom is -0.490 e. The number of thioether (sulfide) groups is 1. The van der Waals surface area contributed by atoms with Crippen molar-refractivity contribution < 1.29 is 19.1 Å². The Morgan fingerprint density at radius 2 is 1.81 bits per heavy atom. The number of carbonyl (C=O) groups excluding carboxylic acids is 2. The summed E-state index contributed by atoms with van der Waals surface area (Å²) in [6.07, 6.45) is 1.71. The molecule has 0 radical (unpaired) electrons.